The van der Waals surface area contributed by atoms with Crippen LogP contribution in [0.1, 0.15) is 46.8 Å². The molecule has 4 amide bonds. The molecular formula is C50H55Cl2F7N13O18PS3. The van der Waals surface area contributed by atoms with Crippen LogP contribution in [0.4, 0.5) is 52.2 Å². The number of anilines is 2. The lowest BCUT2D eigenvalue weighted by Crippen LogP contribution is -2.35. The fourth-order valence-electron chi connectivity index (χ4n) is 6.87. The first kappa shape index (κ1) is 79.6. The summed E-state index contributed by atoms with van der Waals surface area (Å²) in [5.74, 6) is -2.17. The summed E-state index contributed by atoms with van der Waals surface area (Å²) >= 11 is 12.3. The number of aromatic carboxylic acids is 1. The van der Waals surface area contributed by atoms with Gasteiger partial charge >= 0.3 is 55.1 Å². The number of aliphatic carboxylic acids is 1. The first-order chi connectivity index (χ1) is 43.7. The van der Waals surface area contributed by atoms with Crippen molar-refractivity contribution in [1.82, 2.24) is 54.0 Å². The number of aryl methyl sites for hydroxylation is 3. The molecule has 6 aromatic rings. The molecule has 514 valence electrons. The molecule has 0 radical (unpaired) electrons. The van der Waals surface area contributed by atoms with Crippen molar-refractivity contribution < 1.29 is 110 Å². The maximum Gasteiger partial charge on any atom is 0.389 e. The summed E-state index contributed by atoms with van der Waals surface area (Å²) in [7, 11) is -11.6. The van der Waals surface area contributed by atoms with Crippen LogP contribution >= 0.6 is 30.8 Å². The zero-order valence-electron chi connectivity index (χ0n) is 49.1. The Morgan fingerprint density at radius 2 is 1.37 bits per heavy atom. The molecule has 3 aromatic heterocycles. The Morgan fingerprint density at radius 3 is 1.88 bits per heavy atom. The van der Waals surface area contributed by atoms with Crippen molar-refractivity contribution in [3.8, 4) is 41.6 Å². The van der Waals surface area contributed by atoms with Gasteiger partial charge in [-0.2, -0.15) is 60.3 Å². The number of carbonyl (C=O) groups is 4. The zero-order chi connectivity index (χ0) is 70.9. The maximum absolute atomic E-state index is 12.5. The number of terminal acetylenes is 1. The first-order valence-corrected chi connectivity index (χ1v) is 33.6. The number of carboxylic acids is 2. The van der Waals surface area contributed by atoms with E-state index in [1.165, 1.54) is 59.8 Å². The number of benzene rings is 3. The van der Waals surface area contributed by atoms with Crippen LogP contribution in [0.3, 0.4) is 0 Å². The van der Waals surface area contributed by atoms with E-state index in [9.17, 15) is 81.0 Å². The molecule has 0 fully saturated rings. The van der Waals surface area contributed by atoms with Crippen LogP contribution in [-0.4, -0.2) is 160 Å². The minimum atomic E-state index is -4.71. The van der Waals surface area contributed by atoms with Gasteiger partial charge in [0.25, 0.3) is 20.0 Å². The van der Waals surface area contributed by atoms with Gasteiger partial charge in [0.15, 0.2) is 0 Å². The quantitative estimate of drug-likeness (QED) is 0.0193. The van der Waals surface area contributed by atoms with Crippen LogP contribution in [-0.2, 0) is 59.7 Å². The number of ether oxygens (including phenoxy) is 4. The molecule has 0 saturated carbocycles. The highest BCUT2D eigenvalue weighted by Crippen LogP contribution is 2.33. The van der Waals surface area contributed by atoms with Crippen molar-refractivity contribution >= 4 is 97.6 Å². The van der Waals surface area contributed by atoms with E-state index < -0.39 is 130 Å². The molecule has 0 saturated heterocycles. The average molecular weight is 1460 g/mol. The molecule has 7 rings (SSSR count). The highest BCUT2D eigenvalue weighted by molar-refractivity contribution is 7.94. The second-order valence-corrected chi connectivity index (χ2v) is 26.4. The Bertz CT molecular complexity index is 3970. The number of halogens is 9. The molecule has 0 bridgehead atoms. The molecule has 94 heavy (non-hydrogen) atoms. The van der Waals surface area contributed by atoms with Gasteiger partial charge in [-0.05, 0) is 66.9 Å². The summed E-state index contributed by atoms with van der Waals surface area (Å²) in [6.45, 7) is -5.04. The highest BCUT2D eigenvalue weighted by Gasteiger charge is 2.30. The number of rotatable bonds is 21. The lowest BCUT2D eigenvalue weighted by Gasteiger charge is -2.14. The smallest absolute Gasteiger partial charge is 0.389 e. The SMILES string of the molecule is C#CCOc1cc(-n2nc3n(c2=O)CCCC3)c(Cl)cc1Cl.COc1nc(C)nc(NC(=O)NS(=O)(=O)c2ccccc2CCC(F)(F)F)n1.C[S+](C)C.O=C(Nc1nc(OC(F)F)cc(OC(F)F)n1)NS(=O)(=O)c1ccccc1C(=O)O.O=C(O)CNCP(=O)([O-])O. The summed E-state index contributed by atoms with van der Waals surface area (Å²) in [6, 6.07) is 10.1. The van der Waals surface area contributed by atoms with E-state index in [-0.39, 0.29) is 35.6 Å². The number of nitrogens with zero attached hydrogens (tertiary/aromatic N) is 8. The van der Waals surface area contributed by atoms with Gasteiger partial charge in [0.2, 0.25) is 23.7 Å². The normalized spacial score (nSPS) is 12.4. The number of hydrogen-bond acceptors (Lipinski definition) is 22. The molecule has 1 aliphatic heterocycles. The number of carboxylic acid groups (broad SMARTS) is 2. The van der Waals surface area contributed by atoms with Gasteiger partial charge in [-0.3, -0.25) is 25.3 Å². The van der Waals surface area contributed by atoms with Crippen LogP contribution in [0.15, 0.2) is 81.3 Å². The third-order valence-electron chi connectivity index (χ3n) is 10.4. The van der Waals surface area contributed by atoms with Crippen molar-refractivity contribution in [1.29, 1.82) is 0 Å². The van der Waals surface area contributed by atoms with Crippen LogP contribution in [0, 0.1) is 19.3 Å². The van der Waals surface area contributed by atoms with Gasteiger partial charge in [0.05, 0.1) is 71.0 Å². The summed E-state index contributed by atoms with van der Waals surface area (Å²) < 4.78 is 170. The third kappa shape index (κ3) is 28.3. The lowest BCUT2D eigenvalue weighted by molar-refractivity contribution is -0.193. The number of nitrogens with one attached hydrogen (secondary N) is 5. The Hall–Kier alpha value is -8.62. The standard InChI is InChI=1S/C15H13Cl2N3O2.C15H16F3N5O4S.C14H10F4N4O7S.C3H8NO5P.C3H9S/c1-2-7-22-13-9-12(10(16)8-11(13)17)20-15(21)19-6-4-3-5-14(19)18-20;1-9-19-12(22-14(20-9)27-2)21-13(24)23-28(25,26)11-6-4-3-5-10(11)7-8-15(16,17)18;15-11(16)28-8-5-9(29-12(17)18)20-13(19-8)21-14(25)22-30(26,27)7-4-2-1-3-6(7)10(23)24;5-3(6)1-4-2-10(7,8)9;1-4(2)3/h1,8-9H,3-7H2;3-6H,7-8H2,1-2H3,(H2,19,20,21,22,23,24);1-5,11-12H,(H,23,24)(H2,19,20,21,22,25);4H,1-2H2,(H,5,6)(H2,7,8,9);1-3H3/q;;;;+1/p-1. The second kappa shape index (κ2) is 36.7. The summed E-state index contributed by atoms with van der Waals surface area (Å²) in [4.78, 5) is 92.0. The molecular weight excluding hydrogens is 1400 g/mol. The monoisotopic (exact) mass is 1460 g/mol. The topological polar surface area (TPSA) is 439 Å². The number of aromatic nitrogens is 8. The number of amides is 4. The van der Waals surface area contributed by atoms with E-state index >= 15 is 0 Å². The molecule has 4 heterocycles. The maximum atomic E-state index is 12.5. The van der Waals surface area contributed by atoms with Gasteiger partial charge < -0.3 is 43.5 Å². The molecule has 31 nitrogen and oxygen atoms in total. The summed E-state index contributed by atoms with van der Waals surface area (Å²) in [5, 5.41) is 27.9. The Morgan fingerprint density at radius 1 is 0.830 bits per heavy atom. The zero-order valence-corrected chi connectivity index (χ0v) is 53.9. The molecule has 1 aliphatic rings. The lowest BCUT2D eigenvalue weighted by atomic mass is 10.1. The van der Waals surface area contributed by atoms with E-state index in [4.69, 9.17) is 54.2 Å². The average Bonchev–Trinajstić information content (AvgIpc) is 1.58. The van der Waals surface area contributed by atoms with Crippen LogP contribution < -0.4 is 54.9 Å². The van der Waals surface area contributed by atoms with Crippen molar-refractivity contribution in [2.24, 2.45) is 0 Å². The number of alkyl halides is 7. The molecule has 8 N–H and O–H groups in total. The number of carbonyl (C=O) groups excluding carboxylic acids is 2. The van der Waals surface area contributed by atoms with E-state index in [2.05, 4.69) is 69.5 Å². The Kier molecular flexibility index (Phi) is 31.1. The molecule has 0 spiro atoms. The minimum Gasteiger partial charge on any atom is -0.778 e. The number of hydrogen-bond donors (Lipinski definition) is 8. The fourth-order valence-corrected chi connectivity index (χ4v) is 10.1. The molecule has 1 unspecified atom stereocenters. The van der Waals surface area contributed by atoms with Crippen molar-refractivity contribution in [3.63, 3.8) is 0 Å². The van der Waals surface area contributed by atoms with Crippen LogP contribution in [0.2, 0.25) is 10.0 Å². The van der Waals surface area contributed by atoms with Gasteiger partial charge in [-0.1, -0.05) is 59.5 Å². The van der Waals surface area contributed by atoms with Crippen LogP contribution in [0.5, 0.6) is 23.5 Å². The van der Waals surface area contributed by atoms with Gasteiger partial charge in [0.1, 0.15) is 36.5 Å². The molecule has 0 aliphatic carbocycles. The van der Waals surface area contributed by atoms with E-state index in [0.717, 1.165) is 43.3 Å². The van der Waals surface area contributed by atoms with E-state index in [1.54, 1.807) is 20.7 Å². The number of urea groups is 2. The largest absolute Gasteiger partial charge is 0.778 e. The second-order valence-electron chi connectivity index (χ2n) is 18.2. The predicted octanol–water partition coefficient (Wildman–Crippen LogP) is 5.43. The minimum absolute atomic E-state index is 0.0715. The van der Waals surface area contributed by atoms with Crippen molar-refractivity contribution in [3.05, 3.63) is 110 Å². The van der Waals surface area contributed by atoms with Crippen molar-refractivity contribution in [2.75, 3.05) is 55.9 Å². The van der Waals surface area contributed by atoms with Gasteiger partial charge in [0, 0.05) is 25.5 Å². The van der Waals surface area contributed by atoms with E-state index in [1.807, 2.05) is 5.32 Å². The molecule has 44 heteroatoms. The first-order valence-electron chi connectivity index (χ1n) is 25.6. The third-order valence-corrected chi connectivity index (χ3v) is 14.4. The van der Waals surface area contributed by atoms with Crippen molar-refractivity contribution in [2.45, 2.75) is 74.8 Å². The fraction of sp³-hybridized carbons (Fsp3) is 0.340. The predicted molar refractivity (Wildman–Crippen MR) is 320 cm³/mol. The van der Waals surface area contributed by atoms with Crippen LogP contribution in [0.25, 0.3) is 5.69 Å². The van der Waals surface area contributed by atoms with Gasteiger partial charge in [-0.15, -0.1) is 11.5 Å². The highest BCUT2D eigenvalue weighted by atomic mass is 35.5. The number of fused-ring (bicyclic) bond motifs is 1. The Balaban J connectivity index is 0.000000335. The number of methoxy groups -OCH3 is 1. The number of sulfonamides is 2. The summed E-state index contributed by atoms with van der Waals surface area (Å²) in [6.07, 6.45) is 7.65. The molecule has 1 atom stereocenters. The molecule has 3 aromatic carbocycles. The van der Waals surface area contributed by atoms with E-state index in [0.29, 0.717) is 45.0 Å². The summed E-state index contributed by atoms with van der Waals surface area (Å²) in [5.41, 5.74) is -0.487. The van der Waals surface area contributed by atoms with Gasteiger partial charge in [-0.25, -0.2) is 45.5 Å². The Labute approximate surface area is 541 Å².